The second-order valence-corrected chi connectivity index (χ2v) is 14.2. The van der Waals surface area contributed by atoms with Gasteiger partial charge in [-0.3, -0.25) is 0 Å². The molecule has 0 aliphatic heterocycles. The molecule has 6 aromatic rings. The molecule has 0 saturated heterocycles. The number of hydrogen-bond donors (Lipinski definition) is 2. The van der Waals surface area contributed by atoms with Gasteiger partial charge in [0.2, 0.25) is 20.0 Å². The fourth-order valence-electron chi connectivity index (χ4n) is 5.02. The summed E-state index contributed by atoms with van der Waals surface area (Å²) < 4.78 is 138. The molecular weight excluding hydrogens is 767 g/mol. The molecule has 2 heterocycles. The van der Waals surface area contributed by atoms with E-state index in [0.29, 0.717) is 22.5 Å². The van der Waals surface area contributed by atoms with Crippen LogP contribution >= 0.6 is 0 Å². The topological polar surface area (TPSA) is 174 Å². The molecule has 2 aromatic heterocycles. The van der Waals surface area contributed by atoms with E-state index in [9.17, 15) is 43.2 Å². The summed E-state index contributed by atoms with van der Waals surface area (Å²) >= 11 is 0. The number of primary sulfonamides is 2. The maximum atomic E-state index is 14.0. The third kappa shape index (κ3) is 8.73. The third-order valence-corrected chi connectivity index (χ3v) is 9.48. The van der Waals surface area contributed by atoms with Gasteiger partial charge in [0.15, 0.2) is 23.1 Å². The van der Waals surface area contributed by atoms with Gasteiger partial charge in [0.05, 0.1) is 46.8 Å². The Hall–Kier alpha value is -5.70. The van der Waals surface area contributed by atoms with Crippen LogP contribution in [-0.2, 0) is 20.0 Å². The van der Waals surface area contributed by atoms with Crippen LogP contribution in [0.2, 0.25) is 0 Å². The number of nitrogens with two attached hydrogens (primary N) is 2. The lowest BCUT2D eigenvalue weighted by atomic mass is 10.1. The van der Waals surface area contributed by atoms with E-state index in [1.165, 1.54) is 96.4 Å². The lowest BCUT2D eigenvalue weighted by Gasteiger charge is -2.09. The van der Waals surface area contributed by atoms with Gasteiger partial charge in [0, 0.05) is 11.1 Å². The molecule has 0 fully saturated rings. The Bertz CT molecular complexity index is 2340. The lowest BCUT2D eigenvalue weighted by Crippen LogP contribution is -2.12. The van der Waals surface area contributed by atoms with Crippen molar-refractivity contribution in [2.45, 2.75) is 22.6 Å². The number of sulfonamides is 2. The van der Waals surface area contributed by atoms with Crippen molar-refractivity contribution in [1.29, 1.82) is 0 Å². The van der Waals surface area contributed by atoms with Gasteiger partial charge < -0.3 is 9.47 Å². The number of rotatable bonds is 10. The summed E-state index contributed by atoms with van der Waals surface area (Å²) in [6.45, 7) is 0. The number of benzene rings is 4. The SMILES string of the molecule is COc1ccc(-c2cc(C(F)F)nn2-c2ccc(S(N)(=O)=O)cc2)cc1F.COc1ccc(-c2cc(C(F)F)nn2-c2ccc(S(N)(=O)=O)cc2)cc1F. The zero-order chi connectivity index (χ0) is 39.5. The standard InChI is InChI=1S/2C17H14F3N3O3S/c2*1-26-16-7-2-10(8-13(16)18)15-9-14(17(19)20)22-23(15)11-3-5-12(6-4-11)27(21,24)25/h2*2-9,17H,1H3,(H2,21,24,25). The molecule has 0 spiro atoms. The average Bonchev–Trinajstić information content (AvgIpc) is 3.78. The molecule has 4 N–H and O–H groups in total. The number of alkyl halides is 4. The van der Waals surface area contributed by atoms with Crippen LogP contribution in [0.25, 0.3) is 33.9 Å². The zero-order valence-electron chi connectivity index (χ0n) is 27.9. The van der Waals surface area contributed by atoms with E-state index in [-0.39, 0.29) is 32.7 Å². The van der Waals surface area contributed by atoms with E-state index >= 15 is 0 Å². The summed E-state index contributed by atoms with van der Waals surface area (Å²) in [5, 5.41) is 17.8. The highest BCUT2D eigenvalue weighted by atomic mass is 32.2. The fourth-order valence-corrected chi connectivity index (χ4v) is 6.05. The Morgan fingerprint density at radius 1 is 0.556 bits per heavy atom. The number of halogens is 6. The fraction of sp³-hybridized carbons (Fsp3) is 0.118. The van der Waals surface area contributed by atoms with Gasteiger partial charge in [-0.2, -0.15) is 10.2 Å². The number of ether oxygens (including phenoxy) is 2. The summed E-state index contributed by atoms with van der Waals surface area (Å²) in [7, 11) is -5.18. The van der Waals surface area contributed by atoms with Crippen LogP contribution in [0.4, 0.5) is 26.3 Å². The molecule has 0 aliphatic rings. The van der Waals surface area contributed by atoms with E-state index in [2.05, 4.69) is 10.2 Å². The molecule has 0 aliphatic carbocycles. The van der Waals surface area contributed by atoms with E-state index in [1.807, 2.05) is 0 Å². The van der Waals surface area contributed by atoms with Crippen molar-refractivity contribution >= 4 is 20.0 Å². The highest BCUT2D eigenvalue weighted by molar-refractivity contribution is 7.89. The van der Waals surface area contributed by atoms with Crippen LogP contribution in [0.1, 0.15) is 24.2 Å². The van der Waals surface area contributed by atoms with Crippen LogP contribution in [0.15, 0.2) is 107 Å². The minimum absolute atomic E-state index is 0.0106. The molecule has 6 rings (SSSR count). The molecule has 0 saturated carbocycles. The van der Waals surface area contributed by atoms with Gasteiger partial charge in [0.25, 0.3) is 12.9 Å². The Kier molecular flexibility index (Phi) is 11.5. The predicted octanol–water partition coefficient (Wildman–Crippen LogP) is 6.54. The molecular formula is C34H28F6N6O6S2. The van der Waals surface area contributed by atoms with E-state index < -0.39 is 55.9 Å². The van der Waals surface area contributed by atoms with Crippen molar-refractivity contribution < 1.29 is 52.7 Å². The minimum Gasteiger partial charge on any atom is -0.494 e. The highest BCUT2D eigenvalue weighted by Crippen LogP contribution is 2.33. The van der Waals surface area contributed by atoms with Crippen LogP contribution < -0.4 is 19.8 Å². The first-order chi connectivity index (χ1) is 25.4. The minimum atomic E-state index is -3.90. The summed E-state index contributed by atoms with van der Waals surface area (Å²) in [5.41, 5.74) is 0.603. The van der Waals surface area contributed by atoms with Crippen molar-refractivity contribution in [2.24, 2.45) is 10.3 Å². The van der Waals surface area contributed by atoms with Crippen LogP contribution in [0.5, 0.6) is 11.5 Å². The van der Waals surface area contributed by atoms with Gasteiger partial charge >= 0.3 is 0 Å². The molecule has 12 nitrogen and oxygen atoms in total. The lowest BCUT2D eigenvalue weighted by molar-refractivity contribution is 0.145. The second-order valence-electron chi connectivity index (χ2n) is 11.1. The first-order valence-corrected chi connectivity index (χ1v) is 18.2. The Balaban J connectivity index is 0.000000208. The number of hydrogen-bond acceptors (Lipinski definition) is 8. The monoisotopic (exact) mass is 794 g/mol. The molecule has 20 heteroatoms. The average molecular weight is 795 g/mol. The van der Waals surface area contributed by atoms with Crippen molar-refractivity contribution in [3.8, 4) is 45.4 Å². The van der Waals surface area contributed by atoms with Crippen molar-refractivity contribution in [2.75, 3.05) is 14.2 Å². The smallest absolute Gasteiger partial charge is 0.282 e. The van der Waals surface area contributed by atoms with Crippen molar-refractivity contribution in [1.82, 2.24) is 19.6 Å². The Morgan fingerprint density at radius 2 is 0.889 bits per heavy atom. The Labute approximate surface area is 304 Å². The summed E-state index contributed by atoms with van der Waals surface area (Å²) in [6.07, 6.45) is -5.67. The maximum absolute atomic E-state index is 14.0. The molecule has 0 unspecified atom stereocenters. The van der Waals surface area contributed by atoms with Crippen LogP contribution in [0.3, 0.4) is 0 Å². The molecule has 0 radical (unpaired) electrons. The quantitative estimate of drug-likeness (QED) is 0.147. The van der Waals surface area contributed by atoms with Crippen LogP contribution in [-0.4, -0.2) is 50.6 Å². The first kappa shape index (κ1) is 39.5. The molecule has 4 aromatic carbocycles. The molecule has 0 atom stereocenters. The number of aromatic nitrogens is 4. The normalized spacial score (nSPS) is 11.8. The third-order valence-electron chi connectivity index (χ3n) is 7.62. The first-order valence-electron chi connectivity index (χ1n) is 15.1. The van der Waals surface area contributed by atoms with Gasteiger partial charge in [-0.05, 0) is 97.1 Å². The molecule has 0 bridgehead atoms. The van der Waals surface area contributed by atoms with Gasteiger partial charge in [-0.25, -0.2) is 62.8 Å². The summed E-state index contributed by atoms with van der Waals surface area (Å²) in [5.74, 6) is -1.30. The van der Waals surface area contributed by atoms with Gasteiger partial charge in [0.1, 0.15) is 11.4 Å². The Morgan fingerprint density at radius 3 is 1.15 bits per heavy atom. The number of methoxy groups -OCH3 is 2. The largest absolute Gasteiger partial charge is 0.494 e. The predicted molar refractivity (Wildman–Crippen MR) is 184 cm³/mol. The summed E-state index contributed by atoms with van der Waals surface area (Å²) in [6, 6.07) is 20.7. The van der Waals surface area contributed by atoms with Crippen molar-refractivity contribution in [3.63, 3.8) is 0 Å². The van der Waals surface area contributed by atoms with Crippen LogP contribution in [0, 0.1) is 11.6 Å². The van der Waals surface area contributed by atoms with Crippen molar-refractivity contribution in [3.05, 3.63) is 120 Å². The van der Waals surface area contributed by atoms with E-state index in [4.69, 9.17) is 19.8 Å². The molecule has 284 valence electrons. The van der Waals surface area contributed by atoms with Gasteiger partial charge in [-0.15, -0.1) is 0 Å². The molecule has 0 amide bonds. The van der Waals surface area contributed by atoms with E-state index in [1.54, 1.807) is 0 Å². The summed E-state index contributed by atoms with van der Waals surface area (Å²) in [4.78, 5) is -0.269. The maximum Gasteiger partial charge on any atom is 0.282 e. The van der Waals surface area contributed by atoms with Gasteiger partial charge in [-0.1, -0.05) is 0 Å². The molecule has 54 heavy (non-hydrogen) atoms. The highest BCUT2D eigenvalue weighted by Gasteiger charge is 2.21. The zero-order valence-corrected chi connectivity index (χ0v) is 29.5. The second kappa shape index (κ2) is 15.7. The number of nitrogens with zero attached hydrogens (tertiary/aromatic N) is 4. The van der Waals surface area contributed by atoms with E-state index in [0.717, 1.165) is 24.3 Å².